The minimum absolute atomic E-state index is 0.297. The molecule has 0 fully saturated rings. The molecule has 180 valence electrons. The molecule has 1 atom stereocenters. The molecule has 1 unspecified atom stereocenters. The zero-order chi connectivity index (χ0) is 25.1. The van der Waals surface area contributed by atoms with Crippen molar-refractivity contribution in [3.63, 3.8) is 0 Å². The first kappa shape index (κ1) is 23.0. The zero-order valence-electron chi connectivity index (χ0n) is 19.9. The van der Waals surface area contributed by atoms with Crippen LogP contribution in [0.2, 0.25) is 0 Å². The van der Waals surface area contributed by atoms with Gasteiger partial charge in [-0.3, -0.25) is 9.59 Å². The molecule has 3 aromatic carbocycles. The number of nitrogens with zero attached hydrogens (tertiary/aromatic N) is 5. The van der Waals surface area contributed by atoms with E-state index in [1.54, 1.807) is 42.1 Å². The summed E-state index contributed by atoms with van der Waals surface area (Å²) in [6, 6.07) is 23.3. The van der Waals surface area contributed by atoms with Gasteiger partial charge >= 0.3 is 0 Å². The number of fused-ring (bicyclic) bond motifs is 1. The van der Waals surface area contributed by atoms with E-state index < -0.39 is 6.04 Å². The molecule has 0 bridgehead atoms. The number of aryl methyl sites for hydroxylation is 1. The molecule has 5 rings (SSSR count). The Morgan fingerprint density at radius 3 is 2.56 bits per heavy atom. The number of hydrogen-bond donors (Lipinski definition) is 2. The van der Waals surface area contributed by atoms with E-state index in [-0.39, 0.29) is 11.8 Å². The maximum atomic E-state index is 13.1. The van der Waals surface area contributed by atoms with Crippen molar-refractivity contribution in [3.8, 4) is 5.69 Å². The molecule has 2 aromatic heterocycles. The van der Waals surface area contributed by atoms with Crippen molar-refractivity contribution in [2.75, 3.05) is 7.05 Å². The zero-order valence-corrected chi connectivity index (χ0v) is 19.9. The summed E-state index contributed by atoms with van der Waals surface area (Å²) in [6.45, 7) is 2.49. The molecule has 5 aromatic rings. The van der Waals surface area contributed by atoms with Gasteiger partial charge in [-0.25, -0.2) is 9.67 Å². The Hall–Kier alpha value is -4.79. The predicted molar refractivity (Wildman–Crippen MR) is 136 cm³/mol. The predicted octanol–water partition coefficient (Wildman–Crippen LogP) is 3.19. The van der Waals surface area contributed by atoms with Crippen LogP contribution in [0.5, 0.6) is 0 Å². The lowest BCUT2D eigenvalue weighted by Gasteiger charge is -2.18. The lowest BCUT2D eigenvalue weighted by Crippen LogP contribution is -2.39. The molecule has 2 amide bonds. The number of benzene rings is 3. The van der Waals surface area contributed by atoms with E-state index in [9.17, 15) is 9.59 Å². The molecule has 0 spiro atoms. The largest absolute Gasteiger partial charge is 0.357 e. The molecular weight excluding hydrogens is 454 g/mol. The molecule has 36 heavy (non-hydrogen) atoms. The van der Waals surface area contributed by atoms with Gasteiger partial charge in [-0.2, -0.15) is 0 Å². The second-order valence-electron chi connectivity index (χ2n) is 8.37. The average Bonchev–Trinajstić information content (AvgIpc) is 3.52. The lowest BCUT2D eigenvalue weighted by atomic mass is 10.1. The van der Waals surface area contributed by atoms with Gasteiger partial charge in [0, 0.05) is 12.6 Å². The van der Waals surface area contributed by atoms with Crippen molar-refractivity contribution in [1.29, 1.82) is 0 Å². The third-order valence-corrected chi connectivity index (χ3v) is 6.00. The lowest BCUT2D eigenvalue weighted by molar-refractivity contribution is -0.122. The van der Waals surface area contributed by atoms with Gasteiger partial charge in [-0.05, 0) is 42.8 Å². The minimum atomic E-state index is -0.807. The summed E-state index contributed by atoms with van der Waals surface area (Å²) in [4.78, 5) is 30.1. The van der Waals surface area contributed by atoms with Gasteiger partial charge in [0.05, 0.1) is 29.5 Å². The highest BCUT2D eigenvalue weighted by atomic mass is 16.2. The first-order chi connectivity index (χ1) is 17.5. The van der Waals surface area contributed by atoms with Crippen LogP contribution in [0.3, 0.4) is 0 Å². The summed E-state index contributed by atoms with van der Waals surface area (Å²) in [5.41, 5.74) is 4.53. The highest BCUT2D eigenvalue weighted by Gasteiger charge is 2.22. The SMILES string of the molecule is CNC(=O)C(NC(=O)c1cccc(-n2cc(Cn3c(C)nc4ccccc43)nn2)c1)c1ccccc1. The van der Waals surface area contributed by atoms with Crippen LogP contribution < -0.4 is 10.6 Å². The van der Waals surface area contributed by atoms with Crippen LogP contribution in [0.1, 0.15) is 33.5 Å². The molecular formula is C27H25N7O2. The molecule has 0 radical (unpaired) electrons. The van der Waals surface area contributed by atoms with Gasteiger partial charge in [0.25, 0.3) is 5.91 Å². The van der Waals surface area contributed by atoms with Gasteiger partial charge in [0.1, 0.15) is 17.6 Å². The second kappa shape index (κ2) is 9.83. The fraction of sp³-hybridized carbons (Fsp3) is 0.148. The summed E-state index contributed by atoms with van der Waals surface area (Å²) in [6.07, 6.45) is 1.84. The maximum Gasteiger partial charge on any atom is 0.252 e. The molecule has 0 saturated carbocycles. The van der Waals surface area contributed by atoms with Gasteiger partial charge < -0.3 is 15.2 Å². The molecule has 0 aliphatic carbocycles. The number of aromatic nitrogens is 5. The van der Waals surface area contributed by atoms with Crippen molar-refractivity contribution < 1.29 is 9.59 Å². The summed E-state index contributed by atoms with van der Waals surface area (Å²) < 4.78 is 3.73. The number of para-hydroxylation sites is 2. The van der Waals surface area contributed by atoms with Gasteiger partial charge in [0.2, 0.25) is 5.91 Å². The van der Waals surface area contributed by atoms with Crippen LogP contribution in [0.25, 0.3) is 16.7 Å². The van der Waals surface area contributed by atoms with E-state index in [0.717, 1.165) is 22.6 Å². The number of imidazole rings is 1. The normalized spacial score (nSPS) is 11.8. The number of rotatable bonds is 7. The van der Waals surface area contributed by atoms with Crippen molar-refractivity contribution in [3.05, 3.63) is 108 Å². The first-order valence-electron chi connectivity index (χ1n) is 11.5. The Bertz CT molecular complexity index is 1540. The number of hydrogen-bond acceptors (Lipinski definition) is 5. The number of carbonyl (C=O) groups excluding carboxylic acids is 2. The highest BCUT2D eigenvalue weighted by molar-refractivity contribution is 5.98. The first-order valence-corrected chi connectivity index (χ1v) is 11.5. The third kappa shape index (κ3) is 4.58. The second-order valence-corrected chi connectivity index (χ2v) is 8.37. The van der Waals surface area contributed by atoms with Crippen molar-refractivity contribution in [1.82, 2.24) is 35.2 Å². The molecule has 0 aliphatic heterocycles. The Labute approximate surface area is 207 Å². The van der Waals surface area contributed by atoms with Gasteiger partial charge in [-0.15, -0.1) is 5.10 Å². The molecule has 0 saturated heterocycles. The molecule has 2 heterocycles. The van der Waals surface area contributed by atoms with Crippen molar-refractivity contribution in [2.24, 2.45) is 0 Å². The quantitative estimate of drug-likeness (QED) is 0.373. The number of nitrogens with one attached hydrogen (secondary N) is 2. The number of carbonyl (C=O) groups is 2. The molecule has 2 N–H and O–H groups in total. The maximum absolute atomic E-state index is 13.1. The minimum Gasteiger partial charge on any atom is -0.357 e. The van der Waals surface area contributed by atoms with E-state index in [1.807, 2.05) is 61.7 Å². The molecule has 9 nitrogen and oxygen atoms in total. The number of likely N-dealkylation sites (N-methyl/N-ethyl adjacent to an activating group) is 1. The van der Waals surface area contributed by atoms with E-state index in [1.165, 1.54) is 0 Å². The van der Waals surface area contributed by atoms with Crippen LogP contribution in [0.4, 0.5) is 0 Å². The van der Waals surface area contributed by atoms with E-state index in [2.05, 4.69) is 30.5 Å². The van der Waals surface area contributed by atoms with Gasteiger partial charge in [0.15, 0.2) is 0 Å². The number of amides is 2. The summed E-state index contributed by atoms with van der Waals surface area (Å²) in [5, 5.41) is 14.0. The van der Waals surface area contributed by atoms with E-state index >= 15 is 0 Å². The van der Waals surface area contributed by atoms with Crippen LogP contribution in [0.15, 0.2) is 85.1 Å². The summed E-state index contributed by atoms with van der Waals surface area (Å²) in [7, 11) is 1.54. The summed E-state index contributed by atoms with van der Waals surface area (Å²) in [5.74, 6) is 0.234. The van der Waals surface area contributed by atoms with Crippen LogP contribution in [-0.4, -0.2) is 43.4 Å². The van der Waals surface area contributed by atoms with Gasteiger partial charge in [-0.1, -0.05) is 53.7 Å². The Balaban J connectivity index is 1.36. The Morgan fingerprint density at radius 2 is 1.75 bits per heavy atom. The van der Waals surface area contributed by atoms with E-state index in [0.29, 0.717) is 23.4 Å². The van der Waals surface area contributed by atoms with Crippen LogP contribution in [-0.2, 0) is 11.3 Å². The monoisotopic (exact) mass is 479 g/mol. The Kier molecular flexibility index (Phi) is 6.27. The standard InChI is InChI=1S/C27H25N7O2/c1-18-29-23-13-6-7-14-24(23)33(18)16-21-17-34(32-31-21)22-12-8-11-20(15-22)26(35)30-25(27(36)28-2)19-9-4-3-5-10-19/h3-15,17,25H,16H2,1-2H3,(H,28,36)(H,30,35). The molecule has 0 aliphatic rings. The highest BCUT2D eigenvalue weighted by Crippen LogP contribution is 2.18. The fourth-order valence-corrected chi connectivity index (χ4v) is 4.15. The third-order valence-electron chi connectivity index (χ3n) is 6.00. The summed E-state index contributed by atoms with van der Waals surface area (Å²) >= 11 is 0. The molecule has 9 heteroatoms. The Morgan fingerprint density at radius 1 is 0.972 bits per heavy atom. The van der Waals surface area contributed by atoms with Crippen LogP contribution in [0, 0.1) is 6.92 Å². The van der Waals surface area contributed by atoms with Crippen molar-refractivity contribution in [2.45, 2.75) is 19.5 Å². The fourth-order valence-electron chi connectivity index (χ4n) is 4.15. The van der Waals surface area contributed by atoms with E-state index in [4.69, 9.17) is 0 Å². The van der Waals surface area contributed by atoms with Crippen molar-refractivity contribution >= 4 is 22.8 Å². The average molecular weight is 480 g/mol. The smallest absolute Gasteiger partial charge is 0.252 e. The topological polar surface area (TPSA) is 107 Å². The van der Waals surface area contributed by atoms with Crippen LogP contribution >= 0.6 is 0 Å².